The molecule has 0 aromatic heterocycles. The van der Waals surface area contributed by atoms with E-state index in [-0.39, 0.29) is 5.92 Å². The van der Waals surface area contributed by atoms with Crippen molar-refractivity contribution in [3.8, 4) is 0 Å². The summed E-state index contributed by atoms with van der Waals surface area (Å²) >= 11 is 3.37. The zero-order chi connectivity index (χ0) is 13.4. The van der Waals surface area contributed by atoms with Crippen molar-refractivity contribution in [2.24, 2.45) is 5.92 Å². The number of halogens is 1. The minimum atomic E-state index is -0.713. The molecule has 0 fully saturated rings. The topological polar surface area (TPSA) is 46.5 Å². The summed E-state index contributed by atoms with van der Waals surface area (Å²) in [5, 5.41) is 9.21. The van der Waals surface area contributed by atoms with E-state index in [1.807, 2.05) is 24.3 Å². The van der Waals surface area contributed by atoms with Gasteiger partial charge in [0.15, 0.2) is 0 Å². The van der Waals surface area contributed by atoms with Crippen LogP contribution in [0.4, 0.5) is 0 Å². The minimum Gasteiger partial charge on any atom is -0.481 e. The molecule has 100 valence electrons. The number of methoxy groups -OCH3 is 1. The molecule has 1 atom stereocenters. The normalized spacial score (nSPS) is 12.3. The quantitative estimate of drug-likeness (QED) is 0.747. The second kappa shape index (κ2) is 8.27. The van der Waals surface area contributed by atoms with Crippen molar-refractivity contribution in [2.45, 2.75) is 25.7 Å². The van der Waals surface area contributed by atoms with E-state index in [1.165, 1.54) is 0 Å². The van der Waals surface area contributed by atoms with Crippen molar-refractivity contribution in [1.82, 2.24) is 0 Å². The first kappa shape index (κ1) is 15.2. The van der Waals surface area contributed by atoms with Gasteiger partial charge in [-0.2, -0.15) is 0 Å². The van der Waals surface area contributed by atoms with Crippen LogP contribution in [0.2, 0.25) is 0 Å². The first-order valence-electron chi connectivity index (χ1n) is 6.09. The van der Waals surface area contributed by atoms with Gasteiger partial charge >= 0.3 is 5.97 Å². The highest BCUT2D eigenvalue weighted by atomic mass is 79.9. The Balaban J connectivity index is 2.47. The molecule has 0 amide bonds. The lowest BCUT2D eigenvalue weighted by molar-refractivity contribution is -0.142. The van der Waals surface area contributed by atoms with E-state index in [9.17, 15) is 9.90 Å². The number of carboxylic acids is 1. The van der Waals surface area contributed by atoms with Gasteiger partial charge in [0.2, 0.25) is 0 Å². The van der Waals surface area contributed by atoms with Gasteiger partial charge in [-0.3, -0.25) is 4.79 Å². The summed E-state index contributed by atoms with van der Waals surface area (Å²) < 4.78 is 5.98. The van der Waals surface area contributed by atoms with Crippen LogP contribution < -0.4 is 0 Å². The van der Waals surface area contributed by atoms with E-state index >= 15 is 0 Å². The van der Waals surface area contributed by atoms with Crippen LogP contribution in [0.1, 0.15) is 24.8 Å². The number of carbonyl (C=O) groups is 1. The van der Waals surface area contributed by atoms with Gasteiger partial charge in [-0.15, -0.1) is 0 Å². The van der Waals surface area contributed by atoms with Crippen molar-refractivity contribution in [1.29, 1.82) is 0 Å². The lowest BCUT2D eigenvalue weighted by Crippen LogP contribution is -2.16. The van der Waals surface area contributed by atoms with E-state index in [2.05, 4.69) is 15.9 Å². The van der Waals surface area contributed by atoms with Gasteiger partial charge < -0.3 is 9.84 Å². The molecule has 0 spiro atoms. The number of unbranched alkanes of at least 4 members (excludes halogenated alkanes) is 1. The lowest BCUT2D eigenvalue weighted by atomic mass is 9.94. The monoisotopic (exact) mass is 314 g/mol. The van der Waals surface area contributed by atoms with E-state index in [1.54, 1.807) is 7.11 Å². The Labute approximate surface area is 116 Å². The highest BCUT2D eigenvalue weighted by Gasteiger charge is 2.17. The maximum Gasteiger partial charge on any atom is 0.306 e. The standard InChI is InChI=1S/C14H19BrO3/c1-18-9-3-2-4-12(14(16)17)10-11-5-7-13(15)8-6-11/h5-8,12H,2-4,9-10H2,1H3,(H,16,17). The van der Waals surface area contributed by atoms with E-state index in [4.69, 9.17) is 4.74 Å². The van der Waals surface area contributed by atoms with Crippen LogP contribution in [0.5, 0.6) is 0 Å². The molecule has 0 aliphatic carbocycles. The summed E-state index contributed by atoms with van der Waals surface area (Å²) in [4.78, 5) is 11.2. The fraction of sp³-hybridized carbons (Fsp3) is 0.500. The van der Waals surface area contributed by atoms with Crippen molar-refractivity contribution in [3.05, 3.63) is 34.3 Å². The van der Waals surface area contributed by atoms with Gasteiger partial charge in [0, 0.05) is 18.2 Å². The molecular weight excluding hydrogens is 296 g/mol. The maximum absolute atomic E-state index is 11.2. The number of hydrogen-bond acceptors (Lipinski definition) is 2. The molecule has 0 aliphatic rings. The number of aliphatic carboxylic acids is 1. The van der Waals surface area contributed by atoms with Crippen LogP contribution in [0.25, 0.3) is 0 Å². The van der Waals surface area contributed by atoms with Crippen LogP contribution in [0, 0.1) is 5.92 Å². The predicted octanol–water partition coefficient (Wildman–Crippen LogP) is 3.51. The Hall–Kier alpha value is -0.870. The second-order valence-electron chi connectivity index (χ2n) is 4.35. The van der Waals surface area contributed by atoms with Gasteiger partial charge in [0.25, 0.3) is 0 Å². The average molecular weight is 315 g/mol. The third-order valence-electron chi connectivity index (χ3n) is 2.90. The smallest absolute Gasteiger partial charge is 0.306 e. The fourth-order valence-corrected chi connectivity index (χ4v) is 2.12. The summed E-state index contributed by atoms with van der Waals surface area (Å²) in [7, 11) is 1.66. The molecule has 0 saturated carbocycles. The summed E-state index contributed by atoms with van der Waals surface area (Å²) in [5.41, 5.74) is 1.07. The molecule has 3 nitrogen and oxygen atoms in total. The second-order valence-corrected chi connectivity index (χ2v) is 5.27. The highest BCUT2D eigenvalue weighted by Crippen LogP contribution is 2.18. The molecule has 1 aromatic carbocycles. The summed E-state index contributed by atoms with van der Waals surface area (Å²) in [5.74, 6) is -1.02. The molecule has 18 heavy (non-hydrogen) atoms. The van der Waals surface area contributed by atoms with Crippen LogP contribution in [-0.4, -0.2) is 24.8 Å². The van der Waals surface area contributed by atoms with Gasteiger partial charge in [-0.25, -0.2) is 0 Å². The molecule has 4 heteroatoms. The van der Waals surface area contributed by atoms with Gasteiger partial charge in [-0.1, -0.05) is 34.5 Å². The number of ether oxygens (including phenoxy) is 1. The van der Waals surface area contributed by atoms with Crippen LogP contribution in [0.3, 0.4) is 0 Å². The molecule has 0 aliphatic heterocycles. The zero-order valence-electron chi connectivity index (χ0n) is 10.6. The number of benzene rings is 1. The molecule has 1 N–H and O–H groups in total. The maximum atomic E-state index is 11.2. The summed E-state index contributed by atoms with van der Waals surface area (Å²) in [6.07, 6.45) is 3.10. The highest BCUT2D eigenvalue weighted by molar-refractivity contribution is 9.10. The third-order valence-corrected chi connectivity index (χ3v) is 3.42. The SMILES string of the molecule is COCCCCC(Cc1ccc(Br)cc1)C(=O)O. The largest absolute Gasteiger partial charge is 0.481 e. The zero-order valence-corrected chi connectivity index (χ0v) is 12.1. The fourth-order valence-electron chi connectivity index (χ4n) is 1.85. The number of rotatable bonds is 8. The van der Waals surface area contributed by atoms with Crippen molar-refractivity contribution < 1.29 is 14.6 Å². The molecule has 1 unspecified atom stereocenters. The number of hydrogen-bond donors (Lipinski definition) is 1. The minimum absolute atomic E-state index is 0.303. The summed E-state index contributed by atoms with van der Waals surface area (Å²) in [6.45, 7) is 0.699. The first-order valence-corrected chi connectivity index (χ1v) is 6.89. The van der Waals surface area contributed by atoms with E-state index in [0.717, 1.165) is 22.9 Å². The Bertz CT molecular complexity index is 362. The van der Waals surface area contributed by atoms with Gasteiger partial charge in [0.05, 0.1) is 5.92 Å². The molecule has 0 bridgehead atoms. The Morgan fingerprint density at radius 3 is 2.56 bits per heavy atom. The Morgan fingerprint density at radius 2 is 2.00 bits per heavy atom. The summed E-state index contributed by atoms with van der Waals surface area (Å²) in [6, 6.07) is 7.82. The Morgan fingerprint density at radius 1 is 1.33 bits per heavy atom. The van der Waals surface area contributed by atoms with Crippen LogP contribution in [-0.2, 0) is 16.0 Å². The van der Waals surface area contributed by atoms with Gasteiger partial charge in [0.1, 0.15) is 0 Å². The molecule has 0 heterocycles. The van der Waals surface area contributed by atoms with E-state index in [0.29, 0.717) is 19.4 Å². The van der Waals surface area contributed by atoms with Crippen LogP contribution in [0.15, 0.2) is 28.7 Å². The lowest BCUT2D eigenvalue weighted by Gasteiger charge is -2.12. The molecule has 1 aromatic rings. The molecular formula is C14H19BrO3. The van der Waals surface area contributed by atoms with E-state index < -0.39 is 5.97 Å². The molecule has 1 rings (SSSR count). The predicted molar refractivity (Wildman–Crippen MR) is 74.7 cm³/mol. The third kappa shape index (κ3) is 5.65. The Kier molecular flexibility index (Phi) is 6.98. The number of carboxylic acid groups (broad SMARTS) is 1. The van der Waals surface area contributed by atoms with Crippen molar-refractivity contribution in [2.75, 3.05) is 13.7 Å². The van der Waals surface area contributed by atoms with Crippen LogP contribution >= 0.6 is 15.9 Å². The van der Waals surface area contributed by atoms with Crippen molar-refractivity contribution >= 4 is 21.9 Å². The van der Waals surface area contributed by atoms with Gasteiger partial charge in [-0.05, 0) is 37.0 Å². The molecule has 0 saturated heterocycles. The average Bonchev–Trinajstić information content (AvgIpc) is 2.35. The molecule has 0 radical (unpaired) electrons. The van der Waals surface area contributed by atoms with Crippen molar-refractivity contribution in [3.63, 3.8) is 0 Å². The first-order chi connectivity index (χ1) is 8.63.